The minimum atomic E-state index is -1.03. The lowest BCUT2D eigenvalue weighted by Gasteiger charge is -2.08. The molecule has 2 atom stereocenters. The lowest BCUT2D eigenvalue weighted by atomic mass is 10.1. The van der Waals surface area contributed by atoms with E-state index in [-0.39, 0.29) is 17.4 Å². The molecule has 0 bridgehead atoms. The number of carboxylic acid groups (broad SMARTS) is 2. The number of carboxylic acids is 2. The van der Waals surface area contributed by atoms with Crippen molar-refractivity contribution >= 4 is 68.1 Å². The van der Waals surface area contributed by atoms with Crippen molar-refractivity contribution in [1.82, 2.24) is 9.78 Å². The van der Waals surface area contributed by atoms with E-state index in [4.69, 9.17) is 38.0 Å². The van der Waals surface area contributed by atoms with E-state index in [1.807, 2.05) is 36.4 Å². The van der Waals surface area contributed by atoms with Gasteiger partial charge in [0.2, 0.25) is 4.80 Å². The second-order valence-electron chi connectivity index (χ2n) is 10.2. The SMILES string of the molecule is O=C(O)c1cccc(Oc2cccc(-c3nn(Cc4ccc(C5CC5C(=O)O)c(Br)c4)/c(=N\c4ccc(Cl)c(Cl)c4)s3)c2)c1. The highest BCUT2D eigenvalue weighted by atomic mass is 79.9. The van der Waals surface area contributed by atoms with E-state index in [2.05, 4.69) is 15.9 Å². The van der Waals surface area contributed by atoms with Crippen LogP contribution in [0, 0.1) is 5.92 Å². The molecule has 1 heterocycles. The second kappa shape index (κ2) is 12.6. The summed E-state index contributed by atoms with van der Waals surface area (Å²) < 4.78 is 8.63. The van der Waals surface area contributed by atoms with Crippen molar-refractivity contribution in [2.24, 2.45) is 10.9 Å². The fraction of sp³-hybridized carbons (Fsp3) is 0.125. The molecule has 44 heavy (non-hydrogen) atoms. The van der Waals surface area contributed by atoms with Crippen molar-refractivity contribution < 1.29 is 24.5 Å². The number of aromatic nitrogens is 2. The Labute approximate surface area is 273 Å². The van der Waals surface area contributed by atoms with Gasteiger partial charge in [-0.3, -0.25) is 4.79 Å². The number of ether oxygens (including phenoxy) is 1. The van der Waals surface area contributed by atoms with Crippen molar-refractivity contribution in [2.75, 3.05) is 0 Å². The summed E-state index contributed by atoms with van der Waals surface area (Å²) in [4.78, 5) is 28.2. The summed E-state index contributed by atoms with van der Waals surface area (Å²) in [6, 6.07) is 24.7. The van der Waals surface area contributed by atoms with Crippen LogP contribution in [0.4, 0.5) is 5.69 Å². The van der Waals surface area contributed by atoms with Gasteiger partial charge < -0.3 is 14.9 Å². The number of benzene rings is 4. The molecule has 0 aliphatic heterocycles. The Bertz CT molecular complexity index is 1990. The lowest BCUT2D eigenvalue weighted by molar-refractivity contribution is -0.138. The zero-order valence-corrected chi connectivity index (χ0v) is 26.6. The summed E-state index contributed by atoms with van der Waals surface area (Å²) in [7, 11) is 0. The van der Waals surface area contributed by atoms with Crippen LogP contribution in [0.15, 0.2) is 94.4 Å². The maximum absolute atomic E-state index is 11.4. The zero-order valence-electron chi connectivity index (χ0n) is 22.7. The summed E-state index contributed by atoms with van der Waals surface area (Å²) in [5.41, 5.74) is 3.47. The molecular formula is C32H22BrCl2N3O5S. The van der Waals surface area contributed by atoms with E-state index < -0.39 is 11.9 Å². The van der Waals surface area contributed by atoms with Crippen LogP contribution in [0.1, 0.15) is 33.8 Å². The van der Waals surface area contributed by atoms with Gasteiger partial charge in [0.25, 0.3) is 0 Å². The topological polar surface area (TPSA) is 114 Å². The largest absolute Gasteiger partial charge is 0.481 e. The third kappa shape index (κ3) is 6.73. The van der Waals surface area contributed by atoms with Gasteiger partial charge in [0.05, 0.1) is 33.8 Å². The van der Waals surface area contributed by atoms with Crippen LogP contribution < -0.4 is 9.54 Å². The average molecular weight is 711 g/mol. The summed E-state index contributed by atoms with van der Waals surface area (Å²) in [5, 5.41) is 25.1. The number of aromatic carboxylic acids is 1. The Morgan fingerprint density at radius 2 is 1.75 bits per heavy atom. The number of aliphatic carboxylic acids is 1. The van der Waals surface area contributed by atoms with Crippen molar-refractivity contribution in [3.05, 3.63) is 121 Å². The molecular weight excluding hydrogens is 689 g/mol. The first-order chi connectivity index (χ1) is 21.1. The molecule has 1 aliphatic rings. The van der Waals surface area contributed by atoms with Crippen molar-refractivity contribution in [3.63, 3.8) is 0 Å². The van der Waals surface area contributed by atoms with E-state index in [1.165, 1.54) is 23.5 Å². The molecule has 0 amide bonds. The van der Waals surface area contributed by atoms with Gasteiger partial charge in [-0.05, 0) is 78.1 Å². The van der Waals surface area contributed by atoms with Crippen molar-refractivity contribution in [1.29, 1.82) is 0 Å². The van der Waals surface area contributed by atoms with Gasteiger partial charge in [0, 0.05) is 10.0 Å². The summed E-state index contributed by atoms with van der Waals surface area (Å²) in [6.45, 7) is 0.404. The fourth-order valence-corrected chi connectivity index (χ4v) is 6.68. The van der Waals surface area contributed by atoms with Gasteiger partial charge in [-0.15, -0.1) is 0 Å². The molecule has 6 rings (SSSR count). The van der Waals surface area contributed by atoms with E-state index in [0.29, 0.717) is 50.0 Å². The maximum atomic E-state index is 11.4. The molecule has 1 aromatic heterocycles. The van der Waals surface area contributed by atoms with Gasteiger partial charge in [-0.2, -0.15) is 5.10 Å². The van der Waals surface area contributed by atoms with Crippen LogP contribution in [0.5, 0.6) is 11.5 Å². The van der Waals surface area contributed by atoms with Crippen LogP contribution in [-0.2, 0) is 11.3 Å². The molecule has 12 heteroatoms. The number of rotatable bonds is 9. The molecule has 1 aliphatic carbocycles. The summed E-state index contributed by atoms with van der Waals surface area (Å²) in [5.74, 6) is -1.21. The number of hydrogen-bond acceptors (Lipinski definition) is 6. The zero-order chi connectivity index (χ0) is 31.0. The molecule has 2 N–H and O–H groups in total. The first kappa shape index (κ1) is 30.1. The third-order valence-electron chi connectivity index (χ3n) is 7.05. The smallest absolute Gasteiger partial charge is 0.335 e. The van der Waals surface area contributed by atoms with Gasteiger partial charge >= 0.3 is 11.9 Å². The van der Waals surface area contributed by atoms with Crippen LogP contribution >= 0.6 is 50.5 Å². The van der Waals surface area contributed by atoms with Gasteiger partial charge in [-0.25, -0.2) is 14.5 Å². The minimum Gasteiger partial charge on any atom is -0.481 e. The normalized spacial score (nSPS) is 16.1. The van der Waals surface area contributed by atoms with Crippen LogP contribution in [0.25, 0.3) is 10.6 Å². The first-order valence-corrected chi connectivity index (χ1v) is 15.7. The summed E-state index contributed by atoms with van der Waals surface area (Å²) >= 11 is 17.4. The van der Waals surface area contributed by atoms with E-state index in [1.54, 1.807) is 41.1 Å². The third-order valence-corrected chi connectivity index (χ3v) is 9.47. The van der Waals surface area contributed by atoms with Crippen LogP contribution in [0.3, 0.4) is 0 Å². The Morgan fingerprint density at radius 3 is 2.45 bits per heavy atom. The molecule has 222 valence electrons. The molecule has 0 spiro atoms. The quantitative estimate of drug-likeness (QED) is 0.158. The monoisotopic (exact) mass is 709 g/mol. The highest BCUT2D eigenvalue weighted by molar-refractivity contribution is 9.10. The highest BCUT2D eigenvalue weighted by Crippen LogP contribution is 2.49. The maximum Gasteiger partial charge on any atom is 0.335 e. The first-order valence-electron chi connectivity index (χ1n) is 13.3. The second-order valence-corrected chi connectivity index (χ2v) is 12.8. The molecule has 2 unspecified atom stereocenters. The van der Waals surface area contributed by atoms with Crippen molar-refractivity contribution in [2.45, 2.75) is 18.9 Å². The molecule has 5 aromatic rings. The van der Waals surface area contributed by atoms with Gasteiger partial charge in [-0.1, -0.05) is 80.8 Å². The number of hydrogen-bond donors (Lipinski definition) is 2. The highest BCUT2D eigenvalue weighted by Gasteiger charge is 2.44. The van der Waals surface area contributed by atoms with E-state index in [9.17, 15) is 19.8 Å². The van der Waals surface area contributed by atoms with Gasteiger partial charge in [0.15, 0.2) is 0 Å². The Hall–Kier alpha value is -3.96. The van der Waals surface area contributed by atoms with Crippen LogP contribution in [0.2, 0.25) is 10.0 Å². The molecule has 1 saturated carbocycles. The van der Waals surface area contributed by atoms with E-state index in [0.717, 1.165) is 21.2 Å². The minimum absolute atomic E-state index is 0.00997. The van der Waals surface area contributed by atoms with Gasteiger partial charge in [0.1, 0.15) is 16.5 Å². The van der Waals surface area contributed by atoms with Crippen LogP contribution in [-0.4, -0.2) is 31.9 Å². The van der Waals surface area contributed by atoms with Crippen molar-refractivity contribution in [3.8, 4) is 22.1 Å². The van der Waals surface area contributed by atoms with E-state index >= 15 is 0 Å². The number of carbonyl (C=O) groups is 2. The molecule has 4 aromatic carbocycles. The number of nitrogens with zero attached hydrogens (tertiary/aromatic N) is 3. The lowest BCUT2D eigenvalue weighted by Crippen LogP contribution is -2.17. The Morgan fingerprint density at radius 1 is 0.977 bits per heavy atom. The fourth-order valence-electron chi connectivity index (χ4n) is 4.75. The summed E-state index contributed by atoms with van der Waals surface area (Å²) in [6.07, 6.45) is 0.637. The predicted molar refractivity (Wildman–Crippen MR) is 172 cm³/mol. The molecule has 0 radical (unpaired) electrons. The standard InChI is InChI=1S/C32H22BrCl2N3O5S/c33-26-11-17(7-9-23(26)24-15-25(24)31(41)42)16-38-32(36-20-8-10-27(34)28(35)14-20)44-29(37-38)18-3-1-5-21(12-18)43-22-6-2-4-19(13-22)30(39)40/h1-14,24-25H,15-16H2,(H,39,40)(H,41,42)/b36-32+. The predicted octanol–water partition coefficient (Wildman–Crippen LogP) is 8.64. The average Bonchev–Trinajstić information content (AvgIpc) is 3.70. The number of halogens is 3. The molecule has 1 fully saturated rings. The Kier molecular flexibility index (Phi) is 8.59. The Balaban J connectivity index is 1.34. The molecule has 0 saturated heterocycles. The molecule has 8 nitrogen and oxygen atoms in total.